The van der Waals surface area contributed by atoms with Crippen molar-refractivity contribution in [2.24, 2.45) is 0 Å². The van der Waals surface area contributed by atoms with Crippen molar-refractivity contribution < 1.29 is 4.79 Å². The smallest absolute Gasteiger partial charge is 0.234 e. The molecular formula is C20H21N3O. The van der Waals surface area contributed by atoms with Crippen LogP contribution in [0.5, 0.6) is 0 Å². The lowest BCUT2D eigenvalue weighted by atomic mass is 9.91. The highest BCUT2D eigenvalue weighted by Crippen LogP contribution is 2.53. The second-order valence-electron chi connectivity index (χ2n) is 7.43. The molecule has 0 spiro atoms. The van der Waals surface area contributed by atoms with Gasteiger partial charge in [0.25, 0.3) is 0 Å². The van der Waals surface area contributed by atoms with Gasteiger partial charge in [0.1, 0.15) is 5.82 Å². The zero-order valence-corrected chi connectivity index (χ0v) is 13.9. The van der Waals surface area contributed by atoms with E-state index in [0.717, 1.165) is 43.6 Å². The fraction of sp³-hybridized carbons (Fsp3) is 0.450. The van der Waals surface area contributed by atoms with Gasteiger partial charge in [-0.05, 0) is 38.2 Å². The van der Waals surface area contributed by atoms with Gasteiger partial charge in [-0.1, -0.05) is 30.3 Å². The van der Waals surface area contributed by atoms with E-state index < -0.39 is 0 Å². The molecule has 1 saturated carbocycles. The van der Waals surface area contributed by atoms with Crippen LogP contribution in [0, 0.1) is 6.92 Å². The summed E-state index contributed by atoms with van der Waals surface area (Å²) in [6.45, 7) is 1.94. The van der Waals surface area contributed by atoms with Crippen molar-refractivity contribution in [1.29, 1.82) is 0 Å². The number of aromatic nitrogens is 2. The van der Waals surface area contributed by atoms with Crippen molar-refractivity contribution in [2.75, 3.05) is 0 Å². The molecule has 1 amide bonds. The molecule has 1 aromatic heterocycles. The normalized spacial score (nSPS) is 26.1. The van der Waals surface area contributed by atoms with Crippen molar-refractivity contribution >= 4 is 5.91 Å². The molecule has 4 heteroatoms. The number of nitrogens with zero attached hydrogens (tertiary/aromatic N) is 3. The van der Waals surface area contributed by atoms with E-state index >= 15 is 0 Å². The monoisotopic (exact) mass is 319 g/mol. The SMILES string of the molecule is Cc1ncc2c(n1)C[C@@H]1CC[C@H]2N1C(=O)C1(c2ccccc2)CC1. The van der Waals surface area contributed by atoms with E-state index in [1.165, 1.54) is 11.1 Å². The molecule has 5 rings (SSSR count). The molecule has 2 bridgehead atoms. The Kier molecular flexibility index (Phi) is 2.88. The average molecular weight is 319 g/mol. The van der Waals surface area contributed by atoms with Crippen molar-refractivity contribution in [3.8, 4) is 0 Å². The third-order valence-corrected chi connectivity index (χ3v) is 6.03. The highest BCUT2D eigenvalue weighted by Gasteiger charge is 2.57. The number of benzene rings is 1. The zero-order chi connectivity index (χ0) is 16.3. The topological polar surface area (TPSA) is 46.1 Å². The molecule has 24 heavy (non-hydrogen) atoms. The first-order valence-corrected chi connectivity index (χ1v) is 8.90. The summed E-state index contributed by atoms with van der Waals surface area (Å²) in [5.74, 6) is 1.16. The zero-order valence-electron chi connectivity index (χ0n) is 13.9. The second-order valence-corrected chi connectivity index (χ2v) is 7.43. The summed E-state index contributed by atoms with van der Waals surface area (Å²) >= 11 is 0. The Labute approximate surface area is 141 Å². The summed E-state index contributed by atoms with van der Waals surface area (Å²) in [7, 11) is 0. The van der Waals surface area contributed by atoms with Crippen molar-refractivity contribution in [2.45, 2.75) is 56.5 Å². The molecule has 0 N–H and O–H groups in total. The van der Waals surface area contributed by atoms with E-state index in [1.807, 2.05) is 31.3 Å². The van der Waals surface area contributed by atoms with Gasteiger partial charge in [-0.15, -0.1) is 0 Å². The first-order chi connectivity index (χ1) is 11.7. The van der Waals surface area contributed by atoms with E-state index in [4.69, 9.17) is 0 Å². The summed E-state index contributed by atoms with van der Waals surface area (Å²) < 4.78 is 0. The molecule has 2 fully saturated rings. The molecule has 1 aromatic carbocycles. The van der Waals surface area contributed by atoms with Crippen LogP contribution in [0.3, 0.4) is 0 Å². The van der Waals surface area contributed by atoms with Gasteiger partial charge < -0.3 is 4.90 Å². The average Bonchev–Trinajstić information content (AvgIpc) is 3.35. The van der Waals surface area contributed by atoms with E-state index in [1.54, 1.807) is 0 Å². The van der Waals surface area contributed by atoms with Crippen LogP contribution in [0.15, 0.2) is 36.5 Å². The fourth-order valence-electron chi connectivity index (χ4n) is 4.64. The molecule has 1 saturated heterocycles. The summed E-state index contributed by atoms with van der Waals surface area (Å²) in [5, 5.41) is 0. The number of carbonyl (C=O) groups excluding carboxylic acids is 1. The first-order valence-electron chi connectivity index (χ1n) is 8.90. The number of hydrogen-bond donors (Lipinski definition) is 0. The molecule has 1 aliphatic carbocycles. The highest BCUT2D eigenvalue weighted by molar-refractivity contribution is 5.92. The van der Waals surface area contributed by atoms with Crippen molar-refractivity contribution in [1.82, 2.24) is 14.9 Å². The highest BCUT2D eigenvalue weighted by atomic mass is 16.2. The Morgan fingerprint density at radius 2 is 2.00 bits per heavy atom. The molecule has 3 heterocycles. The van der Waals surface area contributed by atoms with Crippen LogP contribution >= 0.6 is 0 Å². The Balaban J connectivity index is 1.52. The predicted octanol–water partition coefficient (Wildman–Crippen LogP) is 3.11. The summed E-state index contributed by atoms with van der Waals surface area (Å²) in [6, 6.07) is 10.8. The van der Waals surface area contributed by atoms with Gasteiger partial charge in [0, 0.05) is 24.2 Å². The van der Waals surface area contributed by atoms with E-state index in [0.29, 0.717) is 11.9 Å². The van der Waals surface area contributed by atoms with Crippen LogP contribution in [-0.2, 0) is 16.6 Å². The standard InChI is InChI=1S/C20H21N3O/c1-13-21-12-16-17(22-13)11-15-7-8-18(16)23(15)19(24)20(9-10-20)14-5-3-2-4-6-14/h2-6,12,15,18H,7-11H2,1H3/t15-,18+/m0/s1. The van der Waals surface area contributed by atoms with Crippen LogP contribution in [-0.4, -0.2) is 26.8 Å². The summed E-state index contributed by atoms with van der Waals surface area (Å²) in [5.41, 5.74) is 3.24. The number of aryl methyl sites for hydroxylation is 1. The van der Waals surface area contributed by atoms with Crippen molar-refractivity contribution in [3.63, 3.8) is 0 Å². The number of hydrogen-bond acceptors (Lipinski definition) is 3. The lowest BCUT2D eigenvalue weighted by molar-refractivity contribution is -0.137. The Morgan fingerprint density at radius 1 is 1.21 bits per heavy atom. The van der Waals surface area contributed by atoms with Gasteiger partial charge >= 0.3 is 0 Å². The van der Waals surface area contributed by atoms with E-state index in [2.05, 4.69) is 27.0 Å². The number of rotatable bonds is 2. The Hall–Kier alpha value is -2.23. The maximum absolute atomic E-state index is 13.5. The van der Waals surface area contributed by atoms with Crippen molar-refractivity contribution in [3.05, 3.63) is 59.2 Å². The van der Waals surface area contributed by atoms with Gasteiger partial charge in [0.2, 0.25) is 5.91 Å². The predicted molar refractivity (Wildman–Crippen MR) is 90.4 cm³/mol. The Bertz CT molecular complexity index is 813. The third-order valence-electron chi connectivity index (χ3n) is 6.03. The summed E-state index contributed by atoms with van der Waals surface area (Å²) in [6.07, 6.45) is 6.90. The molecule has 2 aromatic rings. The van der Waals surface area contributed by atoms with Crippen LogP contribution < -0.4 is 0 Å². The lowest BCUT2D eigenvalue weighted by Crippen LogP contribution is -2.47. The fourth-order valence-corrected chi connectivity index (χ4v) is 4.64. The third kappa shape index (κ3) is 1.89. The second kappa shape index (κ2) is 4.88. The minimum absolute atomic E-state index is 0.174. The van der Waals surface area contributed by atoms with Gasteiger partial charge in [-0.3, -0.25) is 4.79 Å². The minimum atomic E-state index is -0.273. The summed E-state index contributed by atoms with van der Waals surface area (Å²) in [4.78, 5) is 24.7. The number of fused-ring (bicyclic) bond motifs is 4. The van der Waals surface area contributed by atoms with Gasteiger partial charge in [-0.2, -0.15) is 0 Å². The molecule has 2 atom stereocenters. The van der Waals surface area contributed by atoms with Gasteiger partial charge in [0.05, 0.1) is 17.2 Å². The molecule has 2 aliphatic heterocycles. The van der Waals surface area contributed by atoms with Crippen LogP contribution in [0.1, 0.15) is 54.4 Å². The molecule has 3 aliphatic rings. The molecule has 0 radical (unpaired) electrons. The van der Waals surface area contributed by atoms with Crippen LogP contribution in [0.25, 0.3) is 0 Å². The molecule has 4 nitrogen and oxygen atoms in total. The van der Waals surface area contributed by atoms with E-state index in [-0.39, 0.29) is 11.5 Å². The van der Waals surface area contributed by atoms with E-state index in [9.17, 15) is 4.79 Å². The minimum Gasteiger partial charge on any atom is -0.331 e. The molecule has 122 valence electrons. The number of amides is 1. The largest absolute Gasteiger partial charge is 0.331 e. The molecule has 0 unspecified atom stereocenters. The Morgan fingerprint density at radius 3 is 2.75 bits per heavy atom. The maximum atomic E-state index is 13.5. The van der Waals surface area contributed by atoms with Crippen LogP contribution in [0.2, 0.25) is 0 Å². The van der Waals surface area contributed by atoms with Gasteiger partial charge in [0.15, 0.2) is 0 Å². The van der Waals surface area contributed by atoms with Crippen LogP contribution in [0.4, 0.5) is 0 Å². The quantitative estimate of drug-likeness (QED) is 0.854. The first kappa shape index (κ1) is 14.1. The van der Waals surface area contributed by atoms with Gasteiger partial charge in [-0.25, -0.2) is 9.97 Å². The molecular weight excluding hydrogens is 298 g/mol. The maximum Gasteiger partial charge on any atom is 0.234 e. The number of carbonyl (C=O) groups is 1. The lowest BCUT2D eigenvalue weighted by Gasteiger charge is -2.38.